The summed E-state index contributed by atoms with van der Waals surface area (Å²) in [5, 5.41) is 12.6. The topological polar surface area (TPSA) is 58.6 Å². The van der Waals surface area contributed by atoms with Gasteiger partial charge in [-0.1, -0.05) is 41.9 Å². The average molecular weight is 400 g/mol. The Bertz CT molecular complexity index is 940. The summed E-state index contributed by atoms with van der Waals surface area (Å²) in [7, 11) is 0. The van der Waals surface area contributed by atoms with Crippen molar-refractivity contribution < 1.29 is 19.0 Å². The third-order valence-corrected chi connectivity index (χ3v) is 4.56. The van der Waals surface area contributed by atoms with Crippen molar-refractivity contribution in [2.75, 3.05) is 0 Å². The van der Waals surface area contributed by atoms with Crippen molar-refractivity contribution in [3.63, 3.8) is 0 Å². The predicted octanol–water partition coefficient (Wildman–Crippen LogP) is 5.05. The van der Waals surface area contributed by atoms with Crippen LogP contribution in [0.15, 0.2) is 66.7 Å². The number of hydrogen-bond acceptors (Lipinski definition) is 3. The summed E-state index contributed by atoms with van der Waals surface area (Å²) in [5.41, 5.74) is 2.60. The number of aromatic carboxylic acids is 1. The quantitative estimate of drug-likeness (QED) is 0.556. The Labute approximate surface area is 167 Å². The molecule has 144 valence electrons. The van der Waals surface area contributed by atoms with Gasteiger partial charge in [0.2, 0.25) is 0 Å². The van der Waals surface area contributed by atoms with Gasteiger partial charge in [0.25, 0.3) is 0 Å². The minimum Gasteiger partial charge on any atom is -0.489 e. The van der Waals surface area contributed by atoms with Crippen LogP contribution < -0.4 is 10.1 Å². The summed E-state index contributed by atoms with van der Waals surface area (Å²) in [5.74, 6) is -0.698. The summed E-state index contributed by atoms with van der Waals surface area (Å²) in [6, 6.07) is 18.8. The van der Waals surface area contributed by atoms with Crippen LogP contribution >= 0.6 is 11.6 Å². The van der Waals surface area contributed by atoms with E-state index >= 15 is 0 Å². The highest BCUT2D eigenvalue weighted by atomic mass is 35.5. The van der Waals surface area contributed by atoms with Gasteiger partial charge in [0.15, 0.2) is 0 Å². The van der Waals surface area contributed by atoms with Crippen LogP contribution in [0.5, 0.6) is 5.75 Å². The van der Waals surface area contributed by atoms with E-state index in [-0.39, 0.29) is 18.0 Å². The molecular formula is C22H19ClFNO3. The van der Waals surface area contributed by atoms with Gasteiger partial charge in [-0.2, -0.15) is 0 Å². The molecule has 2 N–H and O–H groups in total. The third kappa shape index (κ3) is 5.31. The van der Waals surface area contributed by atoms with E-state index in [1.165, 1.54) is 6.07 Å². The summed E-state index contributed by atoms with van der Waals surface area (Å²) in [6.07, 6.45) is 0. The molecule has 0 heterocycles. The van der Waals surface area contributed by atoms with Crippen molar-refractivity contribution in [1.29, 1.82) is 0 Å². The normalized spacial score (nSPS) is 10.6. The van der Waals surface area contributed by atoms with Crippen LogP contribution in [0.4, 0.5) is 4.39 Å². The Morgan fingerprint density at radius 3 is 2.43 bits per heavy atom. The summed E-state index contributed by atoms with van der Waals surface area (Å²) < 4.78 is 19.5. The summed E-state index contributed by atoms with van der Waals surface area (Å²) >= 11 is 6.02. The van der Waals surface area contributed by atoms with E-state index in [4.69, 9.17) is 21.4 Å². The molecule has 0 bridgehead atoms. The molecule has 0 saturated carbocycles. The molecule has 0 radical (unpaired) electrons. The maximum atomic E-state index is 13.8. The Morgan fingerprint density at radius 2 is 1.71 bits per heavy atom. The highest BCUT2D eigenvalue weighted by Crippen LogP contribution is 2.22. The molecular weight excluding hydrogens is 381 g/mol. The lowest BCUT2D eigenvalue weighted by Crippen LogP contribution is -2.13. The molecule has 0 unspecified atom stereocenters. The number of halogens is 2. The molecule has 0 aliphatic carbocycles. The zero-order valence-corrected chi connectivity index (χ0v) is 15.7. The lowest BCUT2D eigenvalue weighted by molar-refractivity contribution is 0.0697. The summed E-state index contributed by atoms with van der Waals surface area (Å²) in [6.45, 7) is 1.27. The van der Waals surface area contributed by atoms with E-state index in [2.05, 4.69) is 5.32 Å². The maximum Gasteiger partial charge on any atom is 0.335 e. The first kappa shape index (κ1) is 19.9. The van der Waals surface area contributed by atoms with E-state index in [1.807, 2.05) is 24.3 Å². The van der Waals surface area contributed by atoms with E-state index in [0.29, 0.717) is 29.4 Å². The van der Waals surface area contributed by atoms with Gasteiger partial charge < -0.3 is 15.2 Å². The number of carbonyl (C=O) groups is 1. The Kier molecular flexibility index (Phi) is 6.63. The Hall–Kier alpha value is -2.89. The fraction of sp³-hybridized carbons (Fsp3) is 0.136. The van der Waals surface area contributed by atoms with Gasteiger partial charge in [0.05, 0.1) is 10.6 Å². The number of ether oxygens (including phenoxy) is 1. The number of rotatable bonds is 8. The van der Waals surface area contributed by atoms with Crippen molar-refractivity contribution >= 4 is 17.6 Å². The molecule has 0 aromatic heterocycles. The molecule has 3 rings (SSSR count). The number of benzene rings is 3. The van der Waals surface area contributed by atoms with Crippen molar-refractivity contribution in [2.24, 2.45) is 0 Å². The standard InChI is InChI=1S/C22H19ClFNO3/c23-20-5-2-6-21(24)19(20)14-28-18-4-1-3-16(11-18)13-25-12-15-7-9-17(10-8-15)22(26)27/h1-11,25H,12-14H2,(H,26,27). The predicted molar refractivity (Wildman–Crippen MR) is 106 cm³/mol. The van der Waals surface area contributed by atoms with Crippen LogP contribution in [-0.2, 0) is 19.7 Å². The van der Waals surface area contributed by atoms with E-state index in [0.717, 1.165) is 11.1 Å². The highest BCUT2D eigenvalue weighted by Gasteiger charge is 2.08. The largest absolute Gasteiger partial charge is 0.489 e. The van der Waals surface area contributed by atoms with Crippen molar-refractivity contribution in [3.05, 3.63) is 99.8 Å². The minimum absolute atomic E-state index is 0.0539. The van der Waals surface area contributed by atoms with Gasteiger partial charge >= 0.3 is 5.97 Å². The molecule has 3 aromatic rings. The molecule has 0 aliphatic heterocycles. The molecule has 0 amide bonds. The van der Waals surface area contributed by atoms with Crippen LogP contribution in [0.2, 0.25) is 5.02 Å². The van der Waals surface area contributed by atoms with Crippen LogP contribution in [0, 0.1) is 5.82 Å². The smallest absolute Gasteiger partial charge is 0.335 e. The molecule has 4 nitrogen and oxygen atoms in total. The van der Waals surface area contributed by atoms with Crippen molar-refractivity contribution in [3.8, 4) is 5.75 Å². The second-order valence-electron chi connectivity index (χ2n) is 6.24. The molecule has 0 saturated heterocycles. The first-order valence-electron chi connectivity index (χ1n) is 8.70. The van der Waals surface area contributed by atoms with E-state index in [1.54, 1.807) is 36.4 Å². The van der Waals surface area contributed by atoms with Gasteiger partial charge in [-0.25, -0.2) is 9.18 Å². The molecule has 3 aromatic carbocycles. The van der Waals surface area contributed by atoms with Crippen LogP contribution in [0.1, 0.15) is 27.0 Å². The van der Waals surface area contributed by atoms with E-state index in [9.17, 15) is 9.18 Å². The molecule has 6 heteroatoms. The zero-order valence-electron chi connectivity index (χ0n) is 15.0. The first-order valence-corrected chi connectivity index (χ1v) is 9.08. The number of nitrogens with one attached hydrogen (secondary N) is 1. The zero-order chi connectivity index (χ0) is 19.9. The first-order chi connectivity index (χ1) is 13.5. The third-order valence-electron chi connectivity index (χ3n) is 4.20. The van der Waals surface area contributed by atoms with Crippen LogP contribution in [0.3, 0.4) is 0 Å². The average Bonchev–Trinajstić information content (AvgIpc) is 2.68. The second-order valence-corrected chi connectivity index (χ2v) is 6.65. The SMILES string of the molecule is O=C(O)c1ccc(CNCc2cccc(OCc3c(F)cccc3Cl)c2)cc1. The van der Waals surface area contributed by atoms with Gasteiger partial charge in [-0.05, 0) is 47.5 Å². The highest BCUT2D eigenvalue weighted by molar-refractivity contribution is 6.31. The molecule has 0 spiro atoms. The van der Waals surface area contributed by atoms with E-state index < -0.39 is 5.97 Å². The Morgan fingerprint density at radius 1 is 1.00 bits per heavy atom. The monoisotopic (exact) mass is 399 g/mol. The minimum atomic E-state index is -0.937. The summed E-state index contributed by atoms with van der Waals surface area (Å²) in [4.78, 5) is 10.9. The van der Waals surface area contributed by atoms with Gasteiger partial charge in [0, 0.05) is 18.7 Å². The number of hydrogen-bond donors (Lipinski definition) is 2. The Balaban J connectivity index is 1.54. The van der Waals surface area contributed by atoms with Gasteiger partial charge in [0.1, 0.15) is 18.2 Å². The van der Waals surface area contributed by atoms with Gasteiger partial charge in [-0.15, -0.1) is 0 Å². The van der Waals surface area contributed by atoms with Crippen LogP contribution in [-0.4, -0.2) is 11.1 Å². The lowest BCUT2D eigenvalue weighted by atomic mass is 10.1. The fourth-order valence-corrected chi connectivity index (χ4v) is 2.90. The maximum absolute atomic E-state index is 13.8. The number of carboxylic acids is 1. The molecule has 0 aliphatic rings. The molecule has 0 atom stereocenters. The van der Waals surface area contributed by atoms with Gasteiger partial charge in [-0.3, -0.25) is 0 Å². The second kappa shape index (κ2) is 9.35. The fourth-order valence-electron chi connectivity index (χ4n) is 2.69. The number of carboxylic acid groups (broad SMARTS) is 1. The van der Waals surface area contributed by atoms with Crippen molar-refractivity contribution in [1.82, 2.24) is 5.32 Å². The lowest BCUT2D eigenvalue weighted by Gasteiger charge is -2.11. The molecule has 0 fully saturated rings. The van der Waals surface area contributed by atoms with Crippen molar-refractivity contribution in [2.45, 2.75) is 19.7 Å². The van der Waals surface area contributed by atoms with Crippen LogP contribution in [0.25, 0.3) is 0 Å². The molecule has 28 heavy (non-hydrogen) atoms.